The monoisotopic (exact) mass is 281 g/mol. The van der Waals surface area contributed by atoms with Crippen LogP contribution in [0.4, 0.5) is 0 Å². The summed E-state index contributed by atoms with van der Waals surface area (Å²) in [6.45, 7) is 7.11. The third-order valence-electron chi connectivity index (χ3n) is 2.82. The van der Waals surface area contributed by atoms with Crippen molar-refractivity contribution in [3.05, 3.63) is 33.8 Å². The van der Waals surface area contributed by atoms with E-state index in [-0.39, 0.29) is 6.04 Å². The molecule has 1 unspecified atom stereocenters. The molecule has 2 aromatic rings. The number of hydrogen-bond donors (Lipinski definition) is 1. The van der Waals surface area contributed by atoms with Crippen LogP contribution in [0.1, 0.15) is 30.5 Å². The van der Waals surface area contributed by atoms with E-state index in [2.05, 4.69) is 29.4 Å². The second-order valence-electron chi connectivity index (χ2n) is 4.14. The van der Waals surface area contributed by atoms with Gasteiger partial charge in [0.05, 0.1) is 6.04 Å². The van der Waals surface area contributed by atoms with Crippen molar-refractivity contribution in [3.8, 4) is 10.6 Å². The van der Waals surface area contributed by atoms with Gasteiger partial charge in [0.2, 0.25) is 0 Å². The SMILES string of the molecule is CCNC(C)c1nnc(-c2cccc(Cl)c2C)s1. The summed E-state index contributed by atoms with van der Waals surface area (Å²) >= 11 is 7.74. The molecule has 0 aliphatic heterocycles. The van der Waals surface area contributed by atoms with Gasteiger partial charge in [-0.2, -0.15) is 0 Å². The Kier molecular flexibility index (Phi) is 4.32. The summed E-state index contributed by atoms with van der Waals surface area (Å²) in [6.07, 6.45) is 0. The predicted molar refractivity (Wildman–Crippen MR) is 77.2 cm³/mol. The molecule has 0 bridgehead atoms. The Morgan fingerprint density at radius 1 is 1.39 bits per heavy atom. The Morgan fingerprint density at radius 3 is 2.89 bits per heavy atom. The van der Waals surface area contributed by atoms with Gasteiger partial charge in [0.25, 0.3) is 0 Å². The van der Waals surface area contributed by atoms with E-state index in [0.29, 0.717) is 0 Å². The molecular weight excluding hydrogens is 266 g/mol. The molecule has 0 saturated carbocycles. The molecule has 0 aliphatic rings. The number of aromatic nitrogens is 2. The molecular formula is C13H16ClN3S. The van der Waals surface area contributed by atoms with Crippen LogP contribution in [0.2, 0.25) is 5.02 Å². The number of nitrogens with one attached hydrogen (secondary N) is 1. The lowest BCUT2D eigenvalue weighted by atomic mass is 10.1. The first-order valence-corrected chi connectivity index (χ1v) is 7.15. The molecule has 1 atom stereocenters. The lowest BCUT2D eigenvalue weighted by molar-refractivity contribution is 0.590. The summed E-state index contributed by atoms with van der Waals surface area (Å²) in [7, 11) is 0. The van der Waals surface area contributed by atoms with Crippen molar-refractivity contribution < 1.29 is 0 Å². The van der Waals surface area contributed by atoms with Gasteiger partial charge in [-0.05, 0) is 32.0 Å². The molecule has 5 heteroatoms. The molecule has 0 aliphatic carbocycles. The van der Waals surface area contributed by atoms with Gasteiger partial charge in [-0.25, -0.2) is 0 Å². The predicted octanol–water partition coefficient (Wildman–Crippen LogP) is 3.84. The van der Waals surface area contributed by atoms with Crippen molar-refractivity contribution in [1.29, 1.82) is 0 Å². The van der Waals surface area contributed by atoms with Crippen LogP contribution in [-0.2, 0) is 0 Å². The van der Waals surface area contributed by atoms with E-state index in [4.69, 9.17) is 11.6 Å². The molecule has 0 saturated heterocycles. The van der Waals surface area contributed by atoms with Crippen LogP contribution in [0.25, 0.3) is 10.6 Å². The average Bonchev–Trinajstić information content (AvgIpc) is 2.82. The molecule has 0 amide bonds. The van der Waals surface area contributed by atoms with E-state index in [1.165, 1.54) is 0 Å². The van der Waals surface area contributed by atoms with E-state index < -0.39 is 0 Å². The summed E-state index contributed by atoms with van der Waals surface area (Å²) in [5.74, 6) is 0. The highest BCUT2D eigenvalue weighted by Gasteiger charge is 2.14. The standard InChI is InChI=1S/C13H16ClN3S/c1-4-15-9(3)12-16-17-13(18-12)10-6-5-7-11(14)8(10)2/h5-7,9,15H,4H2,1-3H3. The number of benzene rings is 1. The van der Waals surface area contributed by atoms with Crippen LogP contribution < -0.4 is 5.32 Å². The maximum atomic E-state index is 6.13. The van der Waals surface area contributed by atoms with Crippen molar-refractivity contribution in [1.82, 2.24) is 15.5 Å². The molecule has 1 heterocycles. The zero-order chi connectivity index (χ0) is 13.1. The van der Waals surface area contributed by atoms with Crippen molar-refractivity contribution in [2.24, 2.45) is 0 Å². The normalized spacial score (nSPS) is 12.7. The summed E-state index contributed by atoms with van der Waals surface area (Å²) in [6, 6.07) is 6.10. The van der Waals surface area contributed by atoms with Gasteiger partial charge in [0.1, 0.15) is 10.0 Å². The minimum atomic E-state index is 0.237. The number of rotatable bonds is 4. The lowest BCUT2D eigenvalue weighted by Crippen LogP contribution is -2.17. The number of nitrogens with zero attached hydrogens (tertiary/aromatic N) is 2. The third kappa shape index (κ3) is 2.71. The van der Waals surface area contributed by atoms with Gasteiger partial charge in [0.15, 0.2) is 0 Å². The van der Waals surface area contributed by atoms with E-state index in [9.17, 15) is 0 Å². The van der Waals surface area contributed by atoms with E-state index in [1.807, 2.05) is 25.1 Å². The summed E-state index contributed by atoms with van der Waals surface area (Å²) in [5.41, 5.74) is 2.12. The number of halogens is 1. The summed E-state index contributed by atoms with van der Waals surface area (Å²) < 4.78 is 0. The topological polar surface area (TPSA) is 37.8 Å². The fraction of sp³-hybridized carbons (Fsp3) is 0.385. The molecule has 0 fully saturated rings. The zero-order valence-corrected chi connectivity index (χ0v) is 12.3. The van der Waals surface area contributed by atoms with Crippen LogP contribution in [0.3, 0.4) is 0 Å². The Bertz CT molecular complexity index is 539. The molecule has 96 valence electrons. The largest absolute Gasteiger partial charge is 0.308 e. The highest BCUT2D eigenvalue weighted by Crippen LogP contribution is 2.31. The minimum Gasteiger partial charge on any atom is -0.308 e. The van der Waals surface area contributed by atoms with Gasteiger partial charge in [0, 0.05) is 10.6 Å². The molecule has 0 spiro atoms. The van der Waals surface area contributed by atoms with Gasteiger partial charge in [-0.15, -0.1) is 10.2 Å². The van der Waals surface area contributed by atoms with E-state index in [1.54, 1.807) is 11.3 Å². The van der Waals surface area contributed by atoms with Gasteiger partial charge < -0.3 is 5.32 Å². The van der Waals surface area contributed by atoms with Crippen molar-refractivity contribution in [3.63, 3.8) is 0 Å². The average molecular weight is 282 g/mol. The molecule has 0 radical (unpaired) electrons. The molecule has 1 aromatic carbocycles. The maximum absolute atomic E-state index is 6.13. The van der Waals surface area contributed by atoms with Crippen LogP contribution in [0.15, 0.2) is 18.2 Å². The first kappa shape index (κ1) is 13.5. The highest BCUT2D eigenvalue weighted by atomic mass is 35.5. The van der Waals surface area contributed by atoms with Crippen molar-refractivity contribution >= 4 is 22.9 Å². The van der Waals surface area contributed by atoms with Crippen LogP contribution in [0.5, 0.6) is 0 Å². The van der Waals surface area contributed by atoms with Crippen LogP contribution >= 0.6 is 22.9 Å². The lowest BCUT2D eigenvalue weighted by Gasteiger charge is -2.06. The molecule has 18 heavy (non-hydrogen) atoms. The quantitative estimate of drug-likeness (QED) is 0.925. The second kappa shape index (κ2) is 5.78. The Hall–Kier alpha value is -0.970. The summed E-state index contributed by atoms with van der Waals surface area (Å²) in [4.78, 5) is 0. The zero-order valence-electron chi connectivity index (χ0n) is 10.7. The third-order valence-corrected chi connectivity index (χ3v) is 4.37. The van der Waals surface area contributed by atoms with Gasteiger partial charge >= 0.3 is 0 Å². The summed E-state index contributed by atoms with van der Waals surface area (Å²) in [5, 5.41) is 14.5. The Balaban J connectivity index is 2.32. The molecule has 1 aromatic heterocycles. The van der Waals surface area contributed by atoms with E-state index >= 15 is 0 Å². The number of hydrogen-bond acceptors (Lipinski definition) is 4. The first-order valence-electron chi connectivity index (χ1n) is 5.95. The Labute approximate surface area is 116 Å². The van der Waals surface area contributed by atoms with Crippen molar-refractivity contribution in [2.75, 3.05) is 6.54 Å². The molecule has 3 nitrogen and oxygen atoms in total. The second-order valence-corrected chi connectivity index (χ2v) is 5.55. The van der Waals surface area contributed by atoms with Gasteiger partial charge in [-0.1, -0.05) is 42.0 Å². The van der Waals surface area contributed by atoms with E-state index in [0.717, 1.165) is 32.7 Å². The van der Waals surface area contributed by atoms with Gasteiger partial charge in [-0.3, -0.25) is 0 Å². The smallest absolute Gasteiger partial charge is 0.148 e. The maximum Gasteiger partial charge on any atom is 0.148 e. The first-order chi connectivity index (χ1) is 8.63. The fourth-order valence-corrected chi connectivity index (χ4v) is 2.88. The molecule has 2 rings (SSSR count). The molecule has 1 N–H and O–H groups in total. The van der Waals surface area contributed by atoms with Crippen molar-refractivity contribution in [2.45, 2.75) is 26.8 Å². The van der Waals surface area contributed by atoms with Crippen LogP contribution in [0, 0.1) is 6.92 Å². The Morgan fingerprint density at radius 2 is 2.17 bits per heavy atom. The fourth-order valence-electron chi connectivity index (χ4n) is 1.75. The highest BCUT2D eigenvalue weighted by molar-refractivity contribution is 7.14. The minimum absolute atomic E-state index is 0.237. The van der Waals surface area contributed by atoms with Crippen LogP contribution in [-0.4, -0.2) is 16.7 Å².